The predicted octanol–water partition coefficient (Wildman–Crippen LogP) is 0.841. The van der Waals surface area contributed by atoms with Crippen LogP contribution in [0.4, 0.5) is 0 Å². The minimum Gasteiger partial charge on any atom is -0.490 e. The minimum absolute atomic E-state index is 0.157. The van der Waals surface area contributed by atoms with Gasteiger partial charge in [-0.3, -0.25) is 4.98 Å². The van der Waals surface area contributed by atoms with E-state index in [1.54, 1.807) is 18.5 Å². The summed E-state index contributed by atoms with van der Waals surface area (Å²) in [6.07, 6.45) is 3.24. The van der Waals surface area contributed by atoms with Gasteiger partial charge in [-0.25, -0.2) is 0 Å². The average Bonchev–Trinajstić information content (AvgIpc) is 2.33. The molecule has 0 amide bonds. The van der Waals surface area contributed by atoms with Crippen molar-refractivity contribution >= 4 is 0 Å². The van der Waals surface area contributed by atoms with Crippen molar-refractivity contribution in [2.45, 2.75) is 6.92 Å². The molecule has 4 nitrogen and oxygen atoms in total. The second-order valence-corrected chi connectivity index (χ2v) is 2.91. The molecular weight excluding hydrogens is 206 g/mol. The van der Waals surface area contributed by atoms with Gasteiger partial charge in [-0.1, -0.05) is 11.8 Å². The molecule has 0 saturated carbocycles. The number of hydrogen-bond acceptors (Lipinski definition) is 4. The van der Waals surface area contributed by atoms with Gasteiger partial charge in [-0.05, 0) is 13.0 Å². The maximum Gasteiger partial charge on any atom is 0.138 e. The number of aliphatic hydroxyl groups is 1. The quantitative estimate of drug-likeness (QED) is 0.591. The van der Waals surface area contributed by atoms with Gasteiger partial charge in [-0.15, -0.1) is 0 Å². The summed E-state index contributed by atoms with van der Waals surface area (Å²) < 4.78 is 10.6. The summed E-state index contributed by atoms with van der Waals surface area (Å²) in [6.45, 7) is 3.52. The van der Waals surface area contributed by atoms with Crippen LogP contribution in [0.2, 0.25) is 0 Å². The molecule has 1 heterocycles. The normalized spacial score (nSPS) is 9.38. The maximum atomic E-state index is 8.56. The molecule has 0 aliphatic carbocycles. The molecule has 0 spiro atoms. The summed E-state index contributed by atoms with van der Waals surface area (Å²) in [5.74, 6) is 5.97. The average molecular weight is 221 g/mol. The Morgan fingerprint density at radius 3 is 3.00 bits per heavy atom. The van der Waals surface area contributed by atoms with Crippen LogP contribution in [0.5, 0.6) is 5.75 Å². The lowest BCUT2D eigenvalue weighted by Crippen LogP contribution is -2.06. The first kappa shape index (κ1) is 12.5. The number of pyridine rings is 1. The predicted molar refractivity (Wildman–Crippen MR) is 60.2 cm³/mol. The molecule has 1 aromatic rings. The van der Waals surface area contributed by atoms with Crippen molar-refractivity contribution in [1.82, 2.24) is 4.98 Å². The van der Waals surface area contributed by atoms with Gasteiger partial charge in [0.05, 0.1) is 12.8 Å². The van der Waals surface area contributed by atoms with E-state index in [-0.39, 0.29) is 6.61 Å². The SMILES string of the molecule is CCOCCOc1cncc(C#CCO)c1. The Morgan fingerprint density at radius 2 is 2.25 bits per heavy atom. The monoisotopic (exact) mass is 221 g/mol. The molecule has 16 heavy (non-hydrogen) atoms. The van der Waals surface area contributed by atoms with Gasteiger partial charge in [-0.2, -0.15) is 0 Å². The fraction of sp³-hybridized carbons (Fsp3) is 0.417. The zero-order valence-electron chi connectivity index (χ0n) is 9.27. The van der Waals surface area contributed by atoms with E-state index in [0.29, 0.717) is 25.6 Å². The van der Waals surface area contributed by atoms with Crippen molar-refractivity contribution in [3.63, 3.8) is 0 Å². The molecule has 0 radical (unpaired) electrons. The minimum atomic E-state index is -0.157. The summed E-state index contributed by atoms with van der Waals surface area (Å²) in [4.78, 5) is 3.99. The fourth-order valence-electron chi connectivity index (χ4n) is 1.07. The van der Waals surface area contributed by atoms with Gasteiger partial charge < -0.3 is 14.6 Å². The first-order valence-electron chi connectivity index (χ1n) is 5.12. The Balaban J connectivity index is 2.47. The van der Waals surface area contributed by atoms with Crippen LogP contribution in [0.1, 0.15) is 12.5 Å². The van der Waals surface area contributed by atoms with E-state index in [2.05, 4.69) is 16.8 Å². The van der Waals surface area contributed by atoms with Gasteiger partial charge in [0.25, 0.3) is 0 Å². The molecule has 1 rings (SSSR count). The van der Waals surface area contributed by atoms with Crippen LogP contribution < -0.4 is 4.74 Å². The van der Waals surface area contributed by atoms with Gasteiger partial charge in [0.1, 0.15) is 19.0 Å². The molecule has 86 valence electrons. The summed E-state index contributed by atoms with van der Waals surface area (Å²) in [7, 11) is 0. The molecule has 0 aromatic carbocycles. The highest BCUT2D eigenvalue weighted by Crippen LogP contribution is 2.09. The largest absolute Gasteiger partial charge is 0.490 e. The third kappa shape index (κ3) is 4.78. The van der Waals surface area contributed by atoms with Crippen LogP contribution in [0.15, 0.2) is 18.5 Å². The van der Waals surface area contributed by atoms with E-state index in [1.807, 2.05) is 6.92 Å². The molecule has 0 aliphatic rings. The van der Waals surface area contributed by atoms with Crippen LogP contribution in [-0.2, 0) is 4.74 Å². The Bertz CT molecular complexity index is 368. The van der Waals surface area contributed by atoms with Crippen molar-refractivity contribution < 1.29 is 14.6 Å². The third-order valence-corrected chi connectivity index (χ3v) is 1.73. The third-order valence-electron chi connectivity index (χ3n) is 1.73. The van der Waals surface area contributed by atoms with Crippen molar-refractivity contribution in [2.24, 2.45) is 0 Å². The first-order chi connectivity index (χ1) is 7.86. The molecule has 4 heteroatoms. The second kappa shape index (κ2) is 7.69. The summed E-state index contributed by atoms with van der Waals surface area (Å²) >= 11 is 0. The number of hydrogen-bond donors (Lipinski definition) is 1. The van der Waals surface area contributed by atoms with Crippen molar-refractivity contribution in [1.29, 1.82) is 0 Å². The lowest BCUT2D eigenvalue weighted by Gasteiger charge is -2.05. The standard InChI is InChI=1S/C12H15NO3/c1-2-15-6-7-16-12-8-11(4-3-5-14)9-13-10-12/h8-10,14H,2,5-7H2,1H3. The zero-order valence-corrected chi connectivity index (χ0v) is 9.27. The maximum absolute atomic E-state index is 8.56. The van der Waals surface area contributed by atoms with E-state index in [9.17, 15) is 0 Å². The molecule has 1 N–H and O–H groups in total. The molecular formula is C12H15NO3. The number of ether oxygens (including phenoxy) is 2. The number of aromatic nitrogens is 1. The molecule has 0 unspecified atom stereocenters. The Hall–Kier alpha value is -1.57. The van der Waals surface area contributed by atoms with Gasteiger partial charge in [0.15, 0.2) is 0 Å². The highest BCUT2D eigenvalue weighted by atomic mass is 16.5. The lowest BCUT2D eigenvalue weighted by molar-refractivity contribution is 0.110. The molecule has 0 atom stereocenters. The Morgan fingerprint density at radius 1 is 1.38 bits per heavy atom. The molecule has 0 bridgehead atoms. The van der Waals surface area contributed by atoms with Crippen LogP contribution >= 0.6 is 0 Å². The van der Waals surface area contributed by atoms with E-state index in [0.717, 1.165) is 5.56 Å². The van der Waals surface area contributed by atoms with Crippen molar-refractivity contribution in [3.8, 4) is 17.6 Å². The molecule has 1 aromatic heterocycles. The Kier molecular flexibility index (Phi) is 6.00. The molecule has 0 saturated heterocycles. The van der Waals surface area contributed by atoms with E-state index in [1.165, 1.54) is 0 Å². The van der Waals surface area contributed by atoms with Crippen LogP contribution in [0, 0.1) is 11.8 Å². The van der Waals surface area contributed by atoms with E-state index in [4.69, 9.17) is 14.6 Å². The lowest BCUT2D eigenvalue weighted by atomic mass is 10.3. The van der Waals surface area contributed by atoms with Gasteiger partial charge >= 0.3 is 0 Å². The summed E-state index contributed by atoms with van der Waals surface area (Å²) in [5, 5.41) is 8.56. The summed E-state index contributed by atoms with van der Waals surface area (Å²) in [6, 6.07) is 1.78. The topological polar surface area (TPSA) is 51.6 Å². The van der Waals surface area contributed by atoms with Crippen molar-refractivity contribution in [2.75, 3.05) is 26.4 Å². The number of rotatable bonds is 5. The first-order valence-corrected chi connectivity index (χ1v) is 5.12. The highest BCUT2D eigenvalue weighted by molar-refractivity contribution is 5.36. The Labute approximate surface area is 95.2 Å². The number of aliphatic hydroxyl groups excluding tert-OH is 1. The van der Waals surface area contributed by atoms with Crippen LogP contribution in [-0.4, -0.2) is 36.5 Å². The highest BCUT2D eigenvalue weighted by Gasteiger charge is 1.95. The van der Waals surface area contributed by atoms with E-state index < -0.39 is 0 Å². The molecule has 0 aliphatic heterocycles. The van der Waals surface area contributed by atoms with Gasteiger partial charge in [0, 0.05) is 18.4 Å². The number of nitrogens with zero attached hydrogens (tertiary/aromatic N) is 1. The second-order valence-electron chi connectivity index (χ2n) is 2.91. The van der Waals surface area contributed by atoms with E-state index >= 15 is 0 Å². The van der Waals surface area contributed by atoms with Crippen LogP contribution in [0.25, 0.3) is 0 Å². The van der Waals surface area contributed by atoms with Gasteiger partial charge in [0.2, 0.25) is 0 Å². The smallest absolute Gasteiger partial charge is 0.138 e. The summed E-state index contributed by atoms with van der Waals surface area (Å²) in [5.41, 5.74) is 0.725. The molecule has 0 fully saturated rings. The zero-order chi connectivity index (χ0) is 11.6. The fourth-order valence-corrected chi connectivity index (χ4v) is 1.07. The van der Waals surface area contributed by atoms with Crippen molar-refractivity contribution in [3.05, 3.63) is 24.0 Å². The van der Waals surface area contributed by atoms with Crippen LogP contribution in [0.3, 0.4) is 0 Å².